The van der Waals surface area contributed by atoms with Crippen LogP contribution in [0.4, 0.5) is 0 Å². The number of amides is 1. The smallest absolute Gasteiger partial charge is 0.244 e. The first-order valence-corrected chi connectivity index (χ1v) is 7.71. The van der Waals surface area contributed by atoms with Crippen molar-refractivity contribution in [1.29, 1.82) is 0 Å². The highest BCUT2D eigenvalue weighted by Crippen LogP contribution is 2.10. The van der Waals surface area contributed by atoms with Gasteiger partial charge in [0.05, 0.1) is 6.10 Å². The first-order chi connectivity index (χ1) is 9.79. The van der Waals surface area contributed by atoms with Crippen molar-refractivity contribution >= 4 is 11.9 Å². The Kier molecular flexibility index (Phi) is 6.11. The van der Waals surface area contributed by atoms with E-state index in [0.29, 0.717) is 5.96 Å². The quantitative estimate of drug-likeness (QED) is 0.564. The molecule has 2 fully saturated rings. The molecule has 2 rings (SSSR count). The maximum absolute atomic E-state index is 12.0. The Balaban J connectivity index is 1.76. The summed E-state index contributed by atoms with van der Waals surface area (Å²) in [5.74, 6) is 0.826. The van der Waals surface area contributed by atoms with Gasteiger partial charge in [0.1, 0.15) is 6.54 Å². The third kappa shape index (κ3) is 4.67. The Bertz CT molecular complexity index is 334. The van der Waals surface area contributed by atoms with Gasteiger partial charge in [-0.15, -0.1) is 0 Å². The molecule has 2 N–H and O–H groups in total. The van der Waals surface area contributed by atoms with Crippen LogP contribution >= 0.6 is 0 Å². The lowest BCUT2D eigenvalue weighted by Gasteiger charge is -2.16. The molecule has 1 amide bonds. The van der Waals surface area contributed by atoms with Crippen LogP contribution in [0.2, 0.25) is 0 Å². The molecule has 1 unspecified atom stereocenters. The van der Waals surface area contributed by atoms with Crippen LogP contribution in [0.5, 0.6) is 0 Å². The molecule has 6 heteroatoms. The van der Waals surface area contributed by atoms with Gasteiger partial charge >= 0.3 is 0 Å². The molecule has 1 atom stereocenters. The van der Waals surface area contributed by atoms with Crippen molar-refractivity contribution in [3.63, 3.8) is 0 Å². The molecule has 2 heterocycles. The molecule has 0 aromatic rings. The van der Waals surface area contributed by atoms with Gasteiger partial charge in [-0.05, 0) is 32.6 Å². The van der Waals surface area contributed by atoms with E-state index in [0.717, 1.165) is 58.5 Å². The topological polar surface area (TPSA) is 66.0 Å². The first kappa shape index (κ1) is 15.1. The Morgan fingerprint density at radius 1 is 1.30 bits per heavy atom. The SMILES string of the molecule is CCNC(=NCC(=O)N1CCCC1)NCC1CCCO1. The number of nitrogens with zero attached hydrogens (tertiary/aromatic N) is 2. The van der Waals surface area contributed by atoms with Crippen LogP contribution in [-0.4, -0.2) is 62.2 Å². The van der Waals surface area contributed by atoms with Gasteiger partial charge in [-0.1, -0.05) is 0 Å². The summed E-state index contributed by atoms with van der Waals surface area (Å²) in [5.41, 5.74) is 0. The van der Waals surface area contributed by atoms with E-state index in [4.69, 9.17) is 4.74 Å². The highest BCUT2D eigenvalue weighted by atomic mass is 16.5. The third-order valence-electron chi connectivity index (χ3n) is 3.70. The molecule has 0 aliphatic carbocycles. The number of aliphatic imine (C=N–C) groups is 1. The molecule has 2 aliphatic rings. The second-order valence-electron chi connectivity index (χ2n) is 5.30. The van der Waals surface area contributed by atoms with Crippen LogP contribution in [0, 0.1) is 0 Å². The van der Waals surface area contributed by atoms with E-state index in [1.807, 2.05) is 11.8 Å². The van der Waals surface area contributed by atoms with Crippen LogP contribution in [0.15, 0.2) is 4.99 Å². The number of nitrogens with one attached hydrogen (secondary N) is 2. The molecule has 0 radical (unpaired) electrons. The summed E-state index contributed by atoms with van der Waals surface area (Å²) in [6.07, 6.45) is 4.74. The average molecular weight is 282 g/mol. The van der Waals surface area contributed by atoms with Crippen molar-refractivity contribution in [2.75, 3.05) is 39.3 Å². The van der Waals surface area contributed by atoms with Gasteiger partial charge in [-0.25, -0.2) is 4.99 Å². The van der Waals surface area contributed by atoms with Crippen molar-refractivity contribution in [3.8, 4) is 0 Å². The number of guanidine groups is 1. The summed E-state index contributed by atoms with van der Waals surface area (Å²) in [7, 11) is 0. The zero-order valence-corrected chi connectivity index (χ0v) is 12.4. The van der Waals surface area contributed by atoms with Crippen LogP contribution in [0.3, 0.4) is 0 Å². The molecule has 0 spiro atoms. The first-order valence-electron chi connectivity index (χ1n) is 7.71. The van der Waals surface area contributed by atoms with E-state index in [2.05, 4.69) is 15.6 Å². The second-order valence-corrected chi connectivity index (χ2v) is 5.30. The van der Waals surface area contributed by atoms with Gasteiger partial charge in [-0.2, -0.15) is 0 Å². The maximum Gasteiger partial charge on any atom is 0.244 e. The second kappa shape index (κ2) is 8.09. The lowest BCUT2D eigenvalue weighted by Crippen LogP contribution is -2.42. The zero-order chi connectivity index (χ0) is 14.2. The fraction of sp³-hybridized carbons (Fsp3) is 0.857. The minimum Gasteiger partial charge on any atom is -0.376 e. The van der Waals surface area contributed by atoms with Crippen LogP contribution in [0.25, 0.3) is 0 Å². The number of likely N-dealkylation sites (tertiary alicyclic amines) is 1. The summed E-state index contributed by atoms with van der Waals surface area (Å²) in [6, 6.07) is 0. The number of carbonyl (C=O) groups excluding carboxylic acids is 1. The largest absolute Gasteiger partial charge is 0.376 e. The van der Waals surface area contributed by atoms with Crippen LogP contribution < -0.4 is 10.6 Å². The Morgan fingerprint density at radius 3 is 2.75 bits per heavy atom. The summed E-state index contributed by atoms with van der Waals surface area (Å²) in [6.45, 7) is 6.40. The highest BCUT2D eigenvalue weighted by Gasteiger charge is 2.18. The number of rotatable bonds is 5. The molecule has 20 heavy (non-hydrogen) atoms. The van der Waals surface area contributed by atoms with Gasteiger partial charge in [0.25, 0.3) is 0 Å². The van der Waals surface area contributed by atoms with Crippen molar-refractivity contribution in [1.82, 2.24) is 15.5 Å². The number of carbonyl (C=O) groups is 1. The Morgan fingerprint density at radius 2 is 2.10 bits per heavy atom. The van der Waals surface area contributed by atoms with E-state index in [-0.39, 0.29) is 18.6 Å². The number of hydrogen-bond donors (Lipinski definition) is 2. The van der Waals surface area contributed by atoms with Crippen LogP contribution in [0.1, 0.15) is 32.6 Å². The van der Waals surface area contributed by atoms with Crippen molar-refractivity contribution in [2.24, 2.45) is 4.99 Å². The molecule has 6 nitrogen and oxygen atoms in total. The highest BCUT2D eigenvalue weighted by molar-refractivity contribution is 5.85. The number of hydrogen-bond acceptors (Lipinski definition) is 3. The van der Waals surface area contributed by atoms with Crippen molar-refractivity contribution < 1.29 is 9.53 Å². The minimum absolute atomic E-state index is 0.122. The monoisotopic (exact) mass is 282 g/mol. The van der Waals surface area contributed by atoms with Crippen LogP contribution in [-0.2, 0) is 9.53 Å². The normalized spacial score (nSPS) is 23.1. The van der Waals surface area contributed by atoms with Gasteiger partial charge in [0.15, 0.2) is 5.96 Å². The molecule has 2 aliphatic heterocycles. The molecule has 0 saturated carbocycles. The fourth-order valence-corrected chi connectivity index (χ4v) is 2.57. The van der Waals surface area contributed by atoms with E-state index in [1.54, 1.807) is 0 Å². The standard InChI is InChI=1S/C14H26N4O2/c1-2-15-14(16-10-12-6-5-9-20-12)17-11-13(19)18-7-3-4-8-18/h12H,2-11H2,1H3,(H2,15,16,17). The van der Waals surface area contributed by atoms with Gasteiger partial charge in [0.2, 0.25) is 5.91 Å². The van der Waals surface area contributed by atoms with E-state index < -0.39 is 0 Å². The summed E-state index contributed by atoms with van der Waals surface area (Å²) in [4.78, 5) is 18.2. The fourth-order valence-electron chi connectivity index (χ4n) is 2.57. The molecular weight excluding hydrogens is 256 g/mol. The predicted molar refractivity (Wildman–Crippen MR) is 78.8 cm³/mol. The summed E-state index contributed by atoms with van der Waals surface area (Å²) in [5, 5.41) is 6.42. The molecule has 114 valence electrons. The third-order valence-corrected chi connectivity index (χ3v) is 3.70. The molecule has 0 aromatic heterocycles. The Labute approximate surface area is 121 Å². The molecule has 0 bridgehead atoms. The zero-order valence-electron chi connectivity index (χ0n) is 12.4. The number of ether oxygens (including phenoxy) is 1. The molecular formula is C14H26N4O2. The predicted octanol–water partition coefficient (Wildman–Crippen LogP) is 0.343. The van der Waals surface area contributed by atoms with E-state index in [9.17, 15) is 4.79 Å². The van der Waals surface area contributed by atoms with E-state index in [1.165, 1.54) is 0 Å². The average Bonchev–Trinajstić information content (AvgIpc) is 3.13. The van der Waals surface area contributed by atoms with E-state index >= 15 is 0 Å². The van der Waals surface area contributed by atoms with Crippen molar-refractivity contribution in [2.45, 2.75) is 38.7 Å². The molecule has 2 saturated heterocycles. The lowest BCUT2D eigenvalue weighted by atomic mass is 10.2. The van der Waals surface area contributed by atoms with Gasteiger partial charge < -0.3 is 20.3 Å². The van der Waals surface area contributed by atoms with Gasteiger partial charge in [-0.3, -0.25) is 4.79 Å². The van der Waals surface area contributed by atoms with Crippen molar-refractivity contribution in [3.05, 3.63) is 0 Å². The Hall–Kier alpha value is -1.30. The summed E-state index contributed by atoms with van der Waals surface area (Å²) < 4.78 is 5.57. The van der Waals surface area contributed by atoms with Gasteiger partial charge in [0, 0.05) is 32.8 Å². The minimum atomic E-state index is 0.122. The summed E-state index contributed by atoms with van der Waals surface area (Å²) >= 11 is 0. The maximum atomic E-state index is 12.0. The molecule has 0 aromatic carbocycles. The lowest BCUT2D eigenvalue weighted by molar-refractivity contribution is -0.128.